The highest BCUT2D eigenvalue weighted by molar-refractivity contribution is 8.26. The van der Waals surface area contributed by atoms with Gasteiger partial charge in [0.25, 0.3) is 11.5 Å². The van der Waals surface area contributed by atoms with Crippen LogP contribution < -0.4 is 15.2 Å². The zero-order valence-electron chi connectivity index (χ0n) is 24.5. The summed E-state index contributed by atoms with van der Waals surface area (Å²) in [6.45, 7) is 7.78. The van der Waals surface area contributed by atoms with Crippen molar-refractivity contribution in [2.45, 2.75) is 59.5 Å². The molecule has 2 saturated heterocycles. The third-order valence-electron chi connectivity index (χ3n) is 7.64. The Kier molecular flexibility index (Phi) is 10.5. The molecule has 0 unspecified atom stereocenters. The van der Waals surface area contributed by atoms with E-state index in [2.05, 4.69) is 11.0 Å². The highest BCUT2D eigenvalue weighted by Crippen LogP contribution is 2.37. The van der Waals surface area contributed by atoms with Crippen molar-refractivity contribution in [3.05, 3.63) is 61.8 Å². The number of carbonyl (C=O) groups is 2. The highest BCUT2D eigenvalue weighted by Gasteiger charge is 2.34. The molecule has 9 nitrogen and oxygen atoms in total. The first kappa shape index (κ1) is 31.3. The lowest BCUT2D eigenvalue weighted by Gasteiger charge is -2.35. The SMILES string of the molecule is CCCCn1c(N2CCC(C(=O)OCC)CC2)c(/C=C2\SC(=S)N(Cc3ccc(OC)cc3)C2=O)c(C)c(C#N)c1=O. The van der Waals surface area contributed by atoms with Crippen LogP contribution in [0.2, 0.25) is 0 Å². The van der Waals surface area contributed by atoms with Gasteiger partial charge in [-0.05, 0) is 62.4 Å². The van der Waals surface area contributed by atoms with Gasteiger partial charge in [-0.2, -0.15) is 5.26 Å². The number of ether oxygens (including phenoxy) is 2. The smallest absolute Gasteiger partial charge is 0.309 e. The van der Waals surface area contributed by atoms with E-state index in [1.54, 1.807) is 36.5 Å². The summed E-state index contributed by atoms with van der Waals surface area (Å²) in [5.74, 6) is 0.779. The zero-order valence-corrected chi connectivity index (χ0v) is 26.1. The van der Waals surface area contributed by atoms with Crippen LogP contribution in [0.4, 0.5) is 5.82 Å². The summed E-state index contributed by atoms with van der Waals surface area (Å²) < 4.78 is 12.6. The molecule has 4 rings (SSSR count). The molecular weight excluding hydrogens is 572 g/mol. The fraction of sp³-hybridized carbons (Fsp3) is 0.452. The van der Waals surface area contributed by atoms with Crippen molar-refractivity contribution in [1.82, 2.24) is 9.47 Å². The molecule has 0 spiro atoms. The zero-order chi connectivity index (χ0) is 30.4. The number of piperidine rings is 1. The fourth-order valence-corrected chi connectivity index (χ4v) is 6.51. The first-order chi connectivity index (χ1) is 20.2. The van der Waals surface area contributed by atoms with Crippen LogP contribution in [-0.4, -0.2) is 52.5 Å². The Morgan fingerprint density at radius 2 is 1.88 bits per heavy atom. The Balaban J connectivity index is 1.74. The van der Waals surface area contributed by atoms with E-state index in [1.165, 1.54) is 11.8 Å². The van der Waals surface area contributed by atoms with Crippen LogP contribution in [-0.2, 0) is 27.4 Å². The van der Waals surface area contributed by atoms with Gasteiger partial charge >= 0.3 is 5.97 Å². The number of thiocarbonyl (C=S) groups is 1. The third-order valence-corrected chi connectivity index (χ3v) is 9.02. The molecule has 1 aromatic heterocycles. The Hall–Kier alpha value is -3.62. The molecule has 1 aromatic carbocycles. The van der Waals surface area contributed by atoms with Crippen molar-refractivity contribution >= 4 is 52.1 Å². The van der Waals surface area contributed by atoms with Crippen molar-refractivity contribution in [3.8, 4) is 11.8 Å². The summed E-state index contributed by atoms with van der Waals surface area (Å²) in [5.41, 5.74) is 1.82. The summed E-state index contributed by atoms with van der Waals surface area (Å²) in [4.78, 5) is 43.7. The maximum Gasteiger partial charge on any atom is 0.309 e. The predicted octanol–water partition coefficient (Wildman–Crippen LogP) is 5.02. The lowest BCUT2D eigenvalue weighted by atomic mass is 9.95. The number of nitrogens with zero attached hydrogens (tertiary/aromatic N) is 4. The number of hydrogen-bond donors (Lipinski definition) is 0. The van der Waals surface area contributed by atoms with Gasteiger partial charge in [-0.3, -0.25) is 23.9 Å². The molecule has 2 aliphatic heterocycles. The number of methoxy groups -OCH3 is 1. The number of aromatic nitrogens is 1. The molecule has 0 atom stereocenters. The molecule has 2 fully saturated rings. The number of pyridine rings is 1. The standard InChI is InChI=1S/C31H36N4O5S2/c1-5-7-14-34-27(33-15-12-22(13-16-33)30(38)40-6-2)24(20(3)25(18-32)28(34)36)17-26-29(37)35(31(41)42-26)19-21-8-10-23(39-4)11-9-21/h8-11,17,22H,5-7,12-16,19H2,1-4H3/b26-17-. The molecule has 222 valence electrons. The van der Waals surface area contributed by atoms with Gasteiger partial charge in [-0.25, -0.2) is 0 Å². The molecule has 0 bridgehead atoms. The Morgan fingerprint density at radius 3 is 2.48 bits per heavy atom. The minimum absolute atomic E-state index is 0.0659. The van der Waals surface area contributed by atoms with E-state index in [0.717, 1.165) is 24.2 Å². The molecule has 2 aromatic rings. The van der Waals surface area contributed by atoms with Crippen LogP contribution in [0, 0.1) is 24.2 Å². The molecule has 1 amide bonds. The van der Waals surface area contributed by atoms with E-state index in [4.69, 9.17) is 21.7 Å². The number of carbonyl (C=O) groups excluding carboxylic acids is 2. The summed E-state index contributed by atoms with van der Waals surface area (Å²) in [7, 11) is 1.60. The van der Waals surface area contributed by atoms with Crippen LogP contribution in [0.3, 0.4) is 0 Å². The number of esters is 1. The van der Waals surface area contributed by atoms with Gasteiger partial charge < -0.3 is 14.4 Å². The van der Waals surface area contributed by atoms with Crippen LogP contribution >= 0.6 is 24.0 Å². The Morgan fingerprint density at radius 1 is 1.19 bits per heavy atom. The number of nitriles is 1. The molecule has 2 aliphatic rings. The second-order valence-corrected chi connectivity index (χ2v) is 12.0. The lowest BCUT2D eigenvalue weighted by Crippen LogP contribution is -2.41. The van der Waals surface area contributed by atoms with Crippen molar-refractivity contribution in [2.24, 2.45) is 5.92 Å². The normalized spacial score (nSPS) is 16.7. The highest BCUT2D eigenvalue weighted by atomic mass is 32.2. The number of amides is 1. The van der Waals surface area contributed by atoms with Crippen LogP contribution in [0.15, 0.2) is 34.0 Å². The molecule has 42 heavy (non-hydrogen) atoms. The van der Waals surface area contributed by atoms with E-state index >= 15 is 0 Å². The minimum atomic E-state index is -0.338. The van der Waals surface area contributed by atoms with Crippen LogP contribution in [0.25, 0.3) is 6.08 Å². The molecule has 0 aliphatic carbocycles. The minimum Gasteiger partial charge on any atom is -0.497 e. The molecule has 0 radical (unpaired) electrons. The van der Waals surface area contributed by atoms with E-state index in [-0.39, 0.29) is 28.9 Å². The molecular formula is C31H36N4O5S2. The third kappa shape index (κ3) is 6.55. The molecule has 3 heterocycles. The van der Waals surface area contributed by atoms with Gasteiger partial charge in [-0.1, -0.05) is 49.5 Å². The monoisotopic (exact) mass is 608 g/mol. The van der Waals surface area contributed by atoms with E-state index in [9.17, 15) is 19.6 Å². The van der Waals surface area contributed by atoms with E-state index in [0.29, 0.717) is 71.8 Å². The summed E-state index contributed by atoms with van der Waals surface area (Å²) in [6.07, 6.45) is 4.57. The van der Waals surface area contributed by atoms with Gasteiger partial charge in [0.15, 0.2) is 0 Å². The largest absolute Gasteiger partial charge is 0.497 e. The number of benzene rings is 1. The average Bonchev–Trinajstić information content (AvgIpc) is 3.26. The summed E-state index contributed by atoms with van der Waals surface area (Å²) in [5, 5.41) is 9.96. The number of unbranched alkanes of at least 4 members (excludes halogenated alkanes) is 1. The van der Waals surface area contributed by atoms with Gasteiger partial charge in [-0.15, -0.1) is 0 Å². The van der Waals surface area contributed by atoms with Gasteiger partial charge in [0.05, 0.1) is 31.1 Å². The second-order valence-electron chi connectivity index (χ2n) is 10.3. The average molecular weight is 609 g/mol. The Labute approximate surface area is 256 Å². The molecule has 0 saturated carbocycles. The van der Waals surface area contributed by atoms with Gasteiger partial charge in [0.2, 0.25) is 0 Å². The van der Waals surface area contributed by atoms with E-state index in [1.807, 2.05) is 31.2 Å². The van der Waals surface area contributed by atoms with E-state index < -0.39 is 0 Å². The van der Waals surface area contributed by atoms with Crippen LogP contribution in [0.1, 0.15) is 61.8 Å². The number of anilines is 1. The van der Waals surface area contributed by atoms with Gasteiger partial charge in [0, 0.05) is 25.2 Å². The number of thioether (sulfide) groups is 1. The van der Waals surface area contributed by atoms with Crippen molar-refractivity contribution < 1.29 is 19.1 Å². The second kappa shape index (κ2) is 14.0. The molecule has 0 N–H and O–H groups in total. The Bertz CT molecular complexity index is 1480. The lowest BCUT2D eigenvalue weighted by molar-refractivity contribution is -0.148. The quantitative estimate of drug-likeness (QED) is 0.209. The van der Waals surface area contributed by atoms with Gasteiger partial charge in [0.1, 0.15) is 27.5 Å². The van der Waals surface area contributed by atoms with Crippen LogP contribution in [0.5, 0.6) is 5.75 Å². The van der Waals surface area contributed by atoms with Crippen molar-refractivity contribution in [2.75, 3.05) is 31.7 Å². The maximum absolute atomic E-state index is 13.6. The summed E-state index contributed by atoms with van der Waals surface area (Å²) >= 11 is 6.81. The topological polar surface area (TPSA) is 105 Å². The fourth-order valence-electron chi connectivity index (χ4n) is 5.28. The molecule has 11 heteroatoms. The van der Waals surface area contributed by atoms with Crippen molar-refractivity contribution in [3.63, 3.8) is 0 Å². The maximum atomic E-state index is 13.6. The first-order valence-corrected chi connectivity index (χ1v) is 15.4. The summed E-state index contributed by atoms with van der Waals surface area (Å²) in [6, 6.07) is 9.57. The van der Waals surface area contributed by atoms with Crippen molar-refractivity contribution in [1.29, 1.82) is 5.26 Å². The predicted molar refractivity (Wildman–Crippen MR) is 168 cm³/mol. The number of rotatable bonds is 10. The first-order valence-electron chi connectivity index (χ1n) is 14.2. The number of hydrogen-bond acceptors (Lipinski definition) is 9.